The van der Waals surface area contributed by atoms with E-state index in [0.717, 1.165) is 11.8 Å². The Kier molecular flexibility index (Phi) is 7.61. The summed E-state index contributed by atoms with van der Waals surface area (Å²) in [6.45, 7) is 2.03. The van der Waals surface area contributed by atoms with E-state index in [1.54, 1.807) is 60.8 Å². The first-order valence-electron chi connectivity index (χ1n) is 10.2. The van der Waals surface area contributed by atoms with Crippen molar-refractivity contribution >= 4 is 62.6 Å². The molecule has 2 aromatic heterocycles. The second-order valence-corrected chi connectivity index (χ2v) is 9.23. The lowest BCUT2D eigenvalue weighted by Crippen LogP contribution is -2.23. The fourth-order valence-corrected chi connectivity index (χ4v) is 4.78. The third-order valence-electron chi connectivity index (χ3n) is 4.59. The van der Waals surface area contributed by atoms with E-state index in [4.69, 9.17) is 16.3 Å². The van der Waals surface area contributed by atoms with Crippen molar-refractivity contribution in [1.29, 1.82) is 0 Å². The molecule has 0 radical (unpaired) electrons. The number of carbonyl (C=O) groups is 2. The summed E-state index contributed by atoms with van der Waals surface area (Å²) in [5, 5.41) is 6.20. The van der Waals surface area contributed by atoms with Crippen LogP contribution < -0.4 is 10.9 Å². The smallest absolute Gasteiger partial charge is 0.311 e. The summed E-state index contributed by atoms with van der Waals surface area (Å²) >= 11 is 8.36. The van der Waals surface area contributed by atoms with Gasteiger partial charge in [-0.05, 0) is 43.3 Å². The fourth-order valence-electron chi connectivity index (χ4n) is 3.12. The summed E-state index contributed by atoms with van der Waals surface area (Å²) in [6.07, 6.45) is 0.0450. The first kappa shape index (κ1) is 23.9. The summed E-state index contributed by atoms with van der Waals surface area (Å²) in [5.41, 5.74) is 1.43. The Balaban J connectivity index is 1.53. The molecule has 34 heavy (non-hydrogen) atoms. The molecule has 0 unspecified atom stereocenters. The van der Waals surface area contributed by atoms with Gasteiger partial charge in [-0.3, -0.25) is 19.0 Å². The molecule has 0 bridgehead atoms. The number of hydrogen-bond acceptors (Lipinski definition) is 8. The number of halogens is 1. The van der Waals surface area contributed by atoms with E-state index in [9.17, 15) is 14.4 Å². The third kappa shape index (κ3) is 5.64. The number of nitrogens with zero attached hydrogens (tertiary/aromatic N) is 3. The molecule has 8 nitrogen and oxygen atoms in total. The van der Waals surface area contributed by atoms with Gasteiger partial charge in [0.15, 0.2) is 10.3 Å². The van der Waals surface area contributed by atoms with Gasteiger partial charge in [0.05, 0.1) is 41.1 Å². The van der Waals surface area contributed by atoms with Crippen LogP contribution in [0.4, 0.5) is 5.13 Å². The Hall–Kier alpha value is -3.21. The van der Waals surface area contributed by atoms with Gasteiger partial charge in [0.25, 0.3) is 5.56 Å². The molecule has 2 heterocycles. The summed E-state index contributed by atoms with van der Waals surface area (Å²) < 4.78 is 6.38. The molecule has 0 atom stereocenters. The fraction of sp³-hybridized carbons (Fsp3) is 0.174. The minimum Gasteiger partial charge on any atom is -0.466 e. The van der Waals surface area contributed by atoms with Crippen molar-refractivity contribution in [2.45, 2.75) is 18.5 Å². The van der Waals surface area contributed by atoms with Crippen LogP contribution in [0, 0.1) is 0 Å². The van der Waals surface area contributed by atoms with E-state index >= 15 is 0 Å². The van der Waals surface area contributed by atoms with Crippen LogP contribution in [0.5, 0.6) is 0 Å². The Labute approximate surface area is 208 Å². The van der Waals surface area contributed by atoms with Gasteiger partial charge < -0.3 is 10.1 Å². The van der Waals surface area contributed by atoms with Crippen molar-refractivity contribution in [2.75, 3.05) is 17.7 Å². The molecule has 11 heteroatoms. The van der Waals surface area contributed by atoms with Crippen molar-refractivity contribution in [2.24, 2.45) is 0 Å². The summed E-state index contributed by atoms with van der Waals surface area (Å²) in [5.74, 6) is -0.679. The highest BCUT2D eigenvalue weighted by Crippen LogP contribution is 2.23. The minimum absolute atomic E-state index is 0.00512. The quantitative estimate of drug-likeness (QED) is 0.212. The van der Waals surface area contributed by atoms with Crippen LogP contribution >= 0.6 is 34.7 Å². The summed E-state index contributed by atoms with van der Waals surface area (Å²) in [6, 6.07) is 13.9. The van der Waals surface area contributed by atoms with Crippen LogP contribution in [0.25, 0.3) is 16.6 Å². The molecule has 174 valence electrons. The monoisotopic (exact) mass is 514 g/mol. The van der Waals surface area contributed by atoms with Gasteiger partial charge in [-0.1, -0.05) is 35.5 Å². The maximum Gasteiger partial charge on any atom is 0.311 e. The number of fused-ring (bicyclic) bond motifs is 1. The number of ether oxygens (including phenoxy) is 1. The number of amides is 1. The van der Waals surface area contributed by atoms with Crippen LogP contribution in [-0.4, -0.2) is 38.8 Å². The van der Waals surface area contributed by atoms with Gasteiger partial charge in [0.1, 0.15) is 0 Å². The molecule has 0 spiro atoms. The normalized spacial score (nSPS) is 10.9. The number of carbonyl (C=O) groups excluding carboxylic acids is 2. The predicted octanol–water partition coefficient (Wildman–Crippen LogP) is 4.33. The minimum atomic E-state index is -0.371. The van der Waals surface area contributed by atoms with Gasteiger partial charge in [0.2, 0.25) is 5.91 Å². The second-order valence-electron chi connectivity index (χ2n) is 6.99. The van der Waals surface area contributed by atoms with Crippen LogP contribution in [0.1, 0.15) is 12.6 Å². The lowest BCUT2D eigenvalue weighted by Gasteiger charge is -2.13. The molecule has 0 fully saturated rings. The summed E-state index contributed by atoms with van der Waals surface area (Å²) in [7, 11) is 0. The van der Waals surface area contributed by atoms with Gasteiger partial charge in [-0.15, -0.1) is 11.3 Å². The zero-order chi connectivity index (χ0) is 24.1. The van der Waals surface area contributed by atoms with E-state index < -0.39 is 0 Å². The lowest BCUT2D eigenvalue weighted by molar-refractivity contribution is -0.142. The standard InChI is InChI=1S/C23H19ClN4O4S2/c1-2-32-20(30)11-15-12-33-22(25-15)27-19(29)13-34-23-26-18-6-4-3-5-17(18)21(31)28(23)16-9-7-14(24)8-10-16/h3-10,12H,2,11,13H2,1H3,(H,25,27,29). The maximum absolute atomic E-state index is 13.2. The Bertz CT molecular complexity index is 1400. The number of benzene rings is 2. The van der Waals surface area contributed by atoms with Crippen LogP contribution in [0.2, 0.25) is 5.02 Å². The largest absolute Gasteiger partial charge is 0.466 e. The number of nitrogens with one attached hydrogen (secondary N) is 1. The van der Waals surface area contributed by atoms with Crippen molar-refractivity contribution in [1.82, 2.24) is 14.5 Å². The number of hydrogen-bond donors (Lipinski definition) is 1. The SMILES string of the molecule is CCOC(=O)Cc1csc(NC(=O)CSc2nc3ccccc3c(=O)n2-c2ccc(Cl)cc2)n1. The van der Waals surface area contributed by atoms with Crippen LogP contribution in [-0.2, 0) is 20.7 Å². The van der Waals surface area contributed by atoms with Crippen molar-refractivity contribution in [3.05, 3.63) is 75.0 Å². The van der Waals surface area contributed by atoms with Crippen molar-refractivity contribution in [3.8, 4) is 5.69 Å². The molecule has 0 saturated carbocycles. The third-order valence-corrected chi connectivity index (χ3v) is 6.59. The average molecular weight is 515 g/mol. The highest BCUT2D eigenvalue weighted by Gasteiger charge is 2.16. The number of para-hydroxylation sites is 1. The van der Waals surface area contributed by atoms with Crippen molar-refractivity contribution < 1.29 is 14.3 Å². The number of rotatable bonds is 8. The number of aromatic nitrogens is 3. The first-order chi connectivity index (χ1) is 16.4. The number of thioether (sulfide) groups is 1. The molecule has 0 aliphatic heterocycles. The molecule has 4 aromatic rings. The van der Waals surface area contributed by atoms with Crippen LogP contribution in [0.15, 0.2) is 63.9 Å². The lowest BCUT2D eigenvalue weighted by atomic mass is 10.2. The Morgan fingerprint density at radius 2 is 1.91 bits per heavy atom. The molecular weight excluding hydrogens is 496 g/mol. The molecule has 4 rings (SSSR count). The number of esters is 1. The van der Waals surface area contributed by atoms with Gasteiger partial charge in [-0.25, -0.2) is 9.97 Å². The molecule has 0 aliphatic rings. The maximum atomic E-state index is 13.2. The number of anilines is 1. The van der Waals surface area contributed by atoms with Crippen molar-refractivity contribution in [3.63, 3.8) is 0 Å². The summed E-state index contributed by atoms with van der Waals surface area (Å²) in [4.78, 5) is 46.3. The van der Waals surface area contributed by atoms with E-state index in [1.807, 2.05) is 0 Å². The van der Waals surface area contributed by atoms with E-state index in [0.29, 0.717) is 44.2 Å². The Morgan fingerprint density at radius 1 is 1.15 bits per heavy atom. The molecule has 0 saturated heterocycles. The molecule has 2 aromatic carbocycles. The average Bonchev–Trinajstić information content (AvgIpc) is 3.25. The van der Waals surface area contributed by atoms with Gasteiger partial charge in [-0.2, -0.15) is 0 Å². The molecule has 1 amide bonds. The van der Waals surface area contributed by atoms with Gasteiger partial charge in [0, 0.05) is 10.4 Å². The number of thiazole rings is 1. The Morgan fingerprint density at radius 3 is 2.68 bits per heavy atom. The first-order valence-corrected chi connectivity index (χ1v) is 12.5. The zero-order valence-electron chi connectivity index (χ0n) is 18.0. The molecule has 1 N–H and O–H groups in total. The van der Waals surface area contributed by atoms with Gasteiger partial charge >= 0.3 is 5.97 Å². The van der Waals surface area contributed by atoms with Crippen LogP contribution in [0.3, 0.4) is 0 Å². The zero-order valence-corrected chi connectivity index (χ0v) is 20.4. The molecule has 0 aliphatic carbocycles. The predicted molar refractivity (Wildman–Crippen MR) is 134 cm³/mol. The highest BCUT2D eigenvalue weighted by molar-refractivity contribution is 7.99. The van der Waals surface area contributed by atoms with E-state index in [-0.39, 0.29) is 29.6 Å². The molecular formula is C23H19ClN4O4S2. The van der Waals surface area contributed by atoms with E-state index in [2.05, 4.69) is 15.3 Å². The van der Waals surface area contributed by atoms with E-state index in [1.165, 1.54) is 15.9 Å². The highest BCUT2D eigenvalue weighted by atomic mass is 35.5. The topological polar surface area (TPSA) is 103 Å². The second kappa shape index (κ2) is 10.8.